The lowest BCUT2D eigenvalue weighted by Gasteiger charge is -2.15. The number of unbranched alkanes of at least 4 members (excludes halogenated alkanes) is 6. The number of halogens is 5. The molecule has 118 valence electrons. The van der Waals surface area contributed by atoms with Gasteiger partial charge in [-0.05, 0) is 34.7 Å². The topological polar surface area (TPSA) is 20.2 Å². The quantitative estimate of drug-likeness (QED) is 0.262. The van der Waals surface area contributed by atoms with Crippen LogP contribution in [-0.4, -0.2) is 22.0 Å². The molecule has 1 N–H and O–H groups in total. The van der Waals surface area contributed by atoms with Crippen LogP contribution in [0.2, 0.25) is 0 Å². The van der Waals surface area contributed by atoms with Crippen LogP contribution in [0.25, 0.3) is 0 Å². The van der Waals surface area contributed by atoms with E-state index in [0.29, 0.717) is 6.42 Å². The predicted octanol–water partition coefficient (Wildman–Crippen LogP) is 5.11. The number of aliphatic hydroxyl groups is 1. The van der Waals surface area contributed by atoms with E-state index in [9.17, 15) is 22.7 Å². The Morgan fingerprint density at radius 3 is 2.00 bits per heavy atom. The van der Waals surface area contributed by atoms with Gasteiger partial charge in [0.1, 0.15) is 6.10 Å². The summed E-state index contributed by atoms with van der Waals surface area (Å²) in [6, 6.07) is 0. The van der Waals surface area contributed by atoms with E-state index in [4.69, 9.17) is 0 Å². The maximum absolute atomic E-state index is 12.8. The van der Waals surface area contributed by atoms with Crippen LogP contribution in [0.4, 0.5) is 17.6 Å². The van der Waals surface area contributed by atoms with Crippen molar-refractivity contribution in [2.45, 2.75) is 75.1 Å². The summed E-state index contributed by atoms with van der Waals surface area (Å²) in [6.07, 6.45) is 6.15. The third-order valence-corrected chi connectivity index (χ3v) is 3.33. The fraction of sp³-hybridized carbons (Fsp3) is 0.857. The highest BCUT2D eigenvalue weighted by Crippen LogP contribution is 2.38. The molecule has 0 amide bonds. The zero-order valence-corrected chi connectivity index (χ0v) is 13.2. The lowest BCUT2D eigenvalue weighted by atomic mass is 10.1. The zero-order valence-electron chi connectivity index (χ0n) is 11.6. The summed E-state index contributed by atoms with van der Waals surface area (Å²) in [5.41, 5.74) is 0. The number of alkyl halides is 5. The monoisotopic (exact) mass is 360 g/mol. The molecule has 20 heavy (non-hydrogen) atoms. The van der Waals surface area contributed by atoms with E-state index >= 15 is 0 Å². The zero-order chi connectivity index (χ0) is 15.6. The van der Waals surface area contributed by atoms with Gasteiger partial charge in [-0.25, -0.2) is 0 Å². The summed E-state index contributed by atoms with van der Waals surface area (Å²) in [5.74, 6) is -1.55. The van der Waals surface area contributed by atoms with Gasteiger partial charge in [0.05, 0.1) is 0 Å². The number of aliphatic hydroxyl groups excluding tert-OH is 1. The summed E-state index contributed by atoms with van der Waals surface area (Å²) < 4.78 is 50.3. The van der Waals surface area contributed by atoms with Gasteiger partial charge >= 0.3 is 10.8 Å². The third kappa shape index (κ3) is 8.80. The van der Waals surface area contributed by atoms with Gasteiger partial charge in [0.25, 0.3) is 0 Å². The fourth-order valence-corrected chi connectivity index (χ4v) is 1.71. The lowest BCUT2D eigenvalue weighted by Crippen LogP contribution is -2.33. The summed E-state index contributed by atoms with van der Waals surface area (Å²) in [6.45, 7) is 2.13. The molecule has 1 atom stereocenters. The molecular formula is C14H21BrF4O. The molecule has 0 spiro atoms. The molecule has 0 aromatic heterocycles. The lowest BCUT2D eigenvalue weighted by molar-refractivity contribution is -0.104. The van der Waals surface area contributed by atoms with Crippen molar-refractivity contribution in [3.8, 4) is 11.8 Å². The van der Waals surface area contributed by atoms with Crippen molar-refractivity contribution in [1.29, 1.82) is 0 Å². The van der Waals surface area contributed by atoms with Gasteiger partial charge in [0.2, 0.25) is 0 Å². The van der Waals surface area contributed by atoms with E-state index in [1.165, 1.54) is 19.3 Å². The Morgan fingerprint density at radius 2 is 1.50 bits per heavy atom. The van der Waals surface area contributed by atoms with Crippen LogP contribution in [0.5, 0.6) is 0 Å². The smallest absolute Gasteiger partial charge is 0.380 e. The van der Waals surface area contributed by atoms with Gasteiger partial charge in [-0.3, -0.25) is 0 Å². The fourth-order valence-electron chi connectivity index (χ4n) is 1.61. The van der Waals surface area contributed by atoms with Crippen LogP contribution in [0.1, 0.15) is 58.3 Å². The molecule has 1 unspecified atom stereocenters. The Balaban J connectivity index is 3.88. The van der Waals surface area contributed by atoms with Crippen LogP contribution in [0.15, 0.2) is 0 Å². The minimum Gasteiger partial charge on any atom is -0.380 e. The van der Waals surface area contributed by atoms with Crippen LogP contribution in [0.3, 0.4) is 0 Å². The number of hydrogen-bond acceptors (Lipinski definition) is 1. The van der Waals surface area contributed by atoms with E-state index < -0.39 is 16.9 Å². The Hall–Kier alpha value is -0.280. The van der Waals surface area contributed by atoms with Crippen molar-refractivity contribution in [3.05, 3.63) is 0 Å². The maximum atomic E-state index is 12.8. The molecule has 0 rings (SSSR count). The minimum atomic E-state index is -4.48. The largest absolute Gasteiger partial charge is 0.380 e. The molecule has 0 fully saturated rings. The van der Waals surface area contributed by atoms with E-state index in [1.54, 1.807) is 21.9 Å². The highest BCUT2D eigenvalue weighted by Gasteiger charge is 2.53. The first-order valence-corrected chi connectivity index (χ1v) is 7.65. The second kappa shape index (κ2) is 9.62. The van der Waals surface area contributed by atoms with Crippen molar-refractivity contribution in [1.82, 2.24) is 0 Å². The first kappa shape index (κ1) is 19.7. The van der Waals surface area contributed by atoms with E-state index in [1.807, 2.05) is 0 Å². The van der Waals surface area contributed by atoms with E-state index in [0.717, 1.165) is 25.2 Å². The minimum absolute atomic E-state index is 0.227. The molecule has 0 heterocycles. The van der Waals surface area contributed by atoms with Crippen LogP contribution in [0, 0.1) is 11.8 Å². The molecule has 0 aliphatic heterocycles. The van der Waals surface area contributed by atoms with Crippen LogP contribution in [-0.2, 0) is 0 Å². The molecule has 0 aromatic rings. The van der Waals surface area contributed by atoms with Gasteiger partial charge in [-0.15, -0.1) is 0 Å². The Morgan fingerprint density at radius 1 is 1.00 bits per heavy atom. The third-order valence-electron chi connectivity index (χ3n) is 2.83. The summed E-state index contributed by atoms with van der Waals surface area (Å²) in [5, 5.41) is 9.35. The molecule has 0 aromatic carbocycles. The molecular weight excluding hydrogens is 340 g/mol. The van der Waals surface area contributed by atoms with Crippen molar-refractivity contribution in [2.75, 3.05) is 0 Å². The molecule has 0 radical (unpaired) electrons. The number of hydrogen-bond donors (Lipinski definition) is 1. The van der Waals surface area contributed by atoms with Gasteiger partial charge in [0.15, 0.2) is 0 Å². The molecule has 0 bridgehead atoms. The molecule has 6 heteroatoms. The maximum Gasteiger partial charge on any atom is 0.380 e. The molecule has 0 aliphatic rings. The molecule has 0 saturated carbocycles. The normalized spacial score (nSPS) is 13.8. The SMILES string of the molecule is CCCCCCCCCC(O)C#CC(F)(F)C(F)(F)Br. The van der Waals surface area contributed by atoms with Gasteiger partial charge in [-0.2, -0.15) is 17.6 Å². The second-order valence-electron chi connectivity index (χ2n) is 4.77. The highest BCUT2D eigenvalue weighted by atomic mass is 79.9. The van der Waals surface area contributed by atoms with E-state index in [-0.39, 0.29) is 6.42 Å². The standard InChI is InChI=1S/C14H21BrF4O/c1-2-3-4-5-6-7-8-9-12(20)10-11-13(16,17)14(15,18)19/h12,20H,2-9H2,1H3. The van der Waals surface area contributed by atoms with Gasteiger partial charge in [0, 0.05) is 0 Å². The average Bonchev–Trinajstić information content (AvgIpc) is 2.34. The Kier molecular flexibility index (Phi) is 9.48. The van der Waals surface area contributed by atoms with Crippen molar-refractivity contribution < 1.29 is 22.7 Å². The van der Waals surface area contributed by atoms with Crippen molar-refractivity contribution in [3.63, 3.8) is 0 Å². The predicted molar refractivity (Wildman–Crippen MR) is 75.2 cm³/mol. The van der Waals surface area contributed by atoms with Gasteiger partial charge in [-0.1, -0.05) is 51.4 Å². The Labute approximate surface area is 126 Å². The van der Waals surface area contributed by atoms with Crippen LogP contribution < -0.4 is 0 Å². The molecule has 0 saturated heterocycles. The first-order valence-electron chi connectivity index (χ1n) is 6.86. The highest BCUT2D eigenvalue weighted by molar-refractivity contribution is 9.10. The summed E-state index contributed by atoms with van der Waals surface area (Å²) in [4.78, 5) is -4.38. The summed E-state index contributed by atoms with van der Waals surface area (Å²) >= 11 is 1.58. The molecule has 1 nitrogen and oxygen atoms in total. The average molecular weight is 361 g/mol. The molecule has 0 aliphatic carbocycles. The van der Waals surface area contributed by atoms with Gasteiger partial charge < -0.3 is 5.11 Å². The van der Waals surface area contributed by atoms with Crippen molar-refractivity contribution in [2.24, 2.45) is 0 Å². The number of rotatable bonds is 9. The van der Waals surface area contributed by atoms with Crippen molar-refractivity contribution >= 4 is 15.9 Å². The Bertz CT molecular complexity index is 317. The van der Waals surface area contributed by atoms with E-state index in [2.05, 4.69) is 6.92 Å². The first-order chi connectivity index (χ1) is 9.20. The summed E-state index contributed by atoms with van der Waals surface area (Å²) in [7, 11) is 0. The second-order valence-corrected chi connectivity index (χ2v) is 5.76. The van der Waals surface area contributed by atoms with Crippen LogP contribution >= 0.6 is 15.9 Å².